The zero-order chi connectivity index (χ0) is 15.0. The number of rotatable bonds is 2. The minimum Gasteiger partial charge on any atom is -0.478 e. The van der Waals surface area contributed by atoms with Gasteiger partial charge in [-0.3, -0.25) is 9.89 Å². The van der Waals surface area contributed by atoms with Gasteiger partial charge in [0.05, 0.1) is 17.3 Å². The van der Waals surface area contributed by atoms with Crippen molar-refractivity contribution in [3.63, 3.8) is 0 Å². The first-order valence-corrected chi connectivity index (χ1v) is 6.70. The van der Waals surface area contributed by atoms with Crippen LogP contribution < -0.4 is 0 Å². The first-order chi connectivity index (χ1) is 10.1. The average molecular weight is 285 g/mol. The summed E-state index contributed by atoms with van der Waals surface area (Å²) >= 11 is 0. The van der Waals surface area contributed by atoms with Crippen molar-refractivity contribution < 1.29 is 14.7 Å². The van der Waals surface area contributed by atoms with Crippen molar-refractivity contribution in [3.05, 3.63) is 52.3 Å². The molecule has 0 spiro atoms. The number of H-pyrrole nitrogens is 1. The first-order valence-electron chi connectivity index (χ1n) is 6.70. The first kappa shape index (κ1) is 13.4. The fourth-order valence-electron chi connectivity index (χ4n) is 2.60. The molecular formula is C15H15N3O3. The monoisotopic (exact) mass is 285 g/mol. The lowest BCUT2D eigenvalue weighted by atomic mass is 9.97. The molecule has 0 fully saturated rings. The lowest BCUT2D eigenvalue weighted by Crippen LogP contribution is -2.36. The Morgan fingerprint density at radius 2 is 2.14 bits per heavy atom. The standard InChI is InChI=1S/C15H15N3O3/c1-9-13(7-16-17-9)14(19)18-5-4-10-2-3-11(15(20)21)6-12(10)8-18/h2-3,6-7H,4-5,8H2,1H3,(H,16,17)(H,20,21). The molecule has 1 aliphatic rings. The molecule has 6 nitrogen and oxygen atoms in total. The van der Waals surface area contributed by atoms with E-state index in [2.05, 4.69) is 10.2 Å². The van der Waals surface area contributed by atoms with Crippen LogP contribution in [0.5, 0.6) is 0 Å². The van der Waals surface area contributed by atoms with Crippen LogP contribution in [0.25, 0.3) is 0 Å². The van der Waals surface area contributed by atoms with Crippen LogP contribution in [-0.4, -0.2) is 38.6 Å². The lowest BCUT2D eigenvalue weighted by molar-refractivity contribution is 0.0696. The van der Waals surface area contributed by atoms with Crippen molar-refractivity contribution in [1.29, 1.82) is 0 Å². The summed E-state index contributed by atoms with van der Waals surface area (Å²) in [5.41, 5.74) is 3.56. The Labute approximate surface area is 121 Å². The molecule has 1 aromatic carbocycles. The Hall–Kier alpha value is -2.63. The van der Waals surface area contributed by atoms with Gasteiger partial charge in [-0.05, 0) is 36.6 Å². The molecule has 1 amide bonds. The van der Waals surface area contributed by atoms with Gasteiger partial charge in [0.15, 0.2) is 0 Å². The Kier molecular flexibility index (Phi) is 3.21. The molecule has 0 saturated heterocycles. The molecule has 0 unspecified atom stereocenters. The van der Waals surface area contributed by atoms with Gasteiger partial charge < -0.3 is 10.0 Å². The van der Waals surface area contributed by atoms with Crippen LogP contribution in [-0.2, 0) is 13.0 Å². The van der Waals surface area contributed by atoms with Gasteiger partial charge in [0.2, 0.25) is 0 Å². The minimum atomic E-state index is -0.952. The Morgan fingerprint density at radius 1 is 1.33 bits per heavy atom. The maximum Gasteiger partial charge on any atom is 0.335 e. The third-order valence-corrected chi connectivity index (χ3v) is 3.81. The SMILES string of the molecule is Cc1[nH]ncc1C(=O)N1CCc2ccc(C(=O)O)cc2C1. The third-order valence-electron chi connectivity index (χ3n) is 3.81. The van der Waals surface area contributed by atoms with E-state index in [1.807, 2.05) is 6.07 Å². The van der Waals surface area contributed by atoms with Crippen LogP contribution in [0.4, 0.5) is 0 Å². The number of aryl methyl sites for hydroxylation is 1. The van der Waals surface area contributed by atoms with Gasteiger partial charge >= 0.3 is 5.97 Å². The number of aromatic nitrogens is 2. The molecule has 1 aromatic heterocycles. The van der Waals surface area contributed by atoms with Crippen LogP contribution in [0.2, 0.25) is 0 Å². The number of aromatic carboxylic acids is 1. The summed E-state index contributed by atoms with van der Waals surface area (Å²) in [6.07, 6.45) is 2.26. The quantitative estimate of drug-likeness (QED) is 0.877. The van der Waals surface area contributed by atoms with E-state index >= 15 is 0 Å². The number of nitrogens with zero attached hydrogens (tertiary/aromatic N) is 2. The number of carboxylic acids is 1. The molecule has 3 rings (SSSR count). The predicted octanol–water partition coefficient (Wildman–Crippen LogP) is 1.61. The van der Waals surface area contributed by atoms with Gasteiger partial charge in [-0.1, -0.05) is 6.07 Å². The highest BCUT2D eigenvalue weighted by Gasteiger charge is 2.24. The molecule has 0 aliphatic carbocycles. The van der Waals surface area contributed by atoms with Gasteiger partial charge in [0.25, 0.3) is 5.91 Å². The molecule has 2 aromatic rings. The zero-order valence-corrected chi connectivity index (χ0v) is 11.6. The minimum absolute atomic E-state index is 0.0763. The van der Waals surface area contributed by atoms with Crippen LogP contribution in [0.15, 0.2) is 24.4 Å². The number of nitrogens with one attached hydrogen (secondary N) is 1. The van der Waals surface area contributed by atoms with E-state index in [4.69, 9.17) is 5.11 Å². The lowest BCUT2D eigenvalue weighted by Gasteiger charge is -2.29. The van der Waals surface area contributed by atoms with Gasteiger partial charge in [-0.2, -0.15) is 5.10 Å². The number of amides is 1. The summed E-state index contributed by atoms with van der Waals surface area (Å²) in [6.45, 7) is 2.86. The number of carbonyl (C=O) groups is 2. The topological polar surface area (TPSA) is 86.3 Å². The highest BCUT2D eigenvalue weighted by atomic mass is 16.4. The van der Waals surface area contributed by atoms with Crippen molar-refractivity contribution in [2.75, 3.05) is 6.54 Å². The highest BCUT2D eigenvalue weighted by molar-refractivity contribution is 5.95. The van der Waals surface area contributed by atoms with E-state index in [9.17, 15) is 9.59 Å². The zero-order valence-electron chi connectivity index (χ0n) is 11.6. The van der Waals surface area contributed by atoms with E-state index in [1.165, 1.54) is 6.20 Å². The molecule has 0 atom stereocenters. The molecule has 2 N–H and O–H groups in total. The van der Waals surface area contributed by atoms with Crippen molar-refractivity contribution in [1.82, 2.24) is 15.1 Å². The molecule has 1 aliphatic heterocycles. The number of carboxylic acid groups (broad SMARTS) is 1. The maximum atomic E-state index is 12.5. The normalized spacial score (nSPS) is 13.9. The van der Waals surface area contributed by atoms with Gasteiger partial charge in [0.1, 0.15) is 0 Å². The average Bonchev–Trinajstić information content (AvgIpc) is 2.91. The van der Waals surface area contributed by atoms with Gasteiger partial charge in [-0.15, -0.1) is 0 Å². The van der Waals surface area contributed by atoms with Crippen LogP contribution >= 0.6 is 0 Å². The Balaban J connectivity index is 1.87. The van der Waals surface area contributed by atoms with Crippen LogP contribution in [0.1, 0.15) is 37.5 Å². The number of aromatic amines is 1. The molecular weight excluding hydrogens is 270 g/mol. The summed E-state index contributed by atoms with van der Waals surface area (Å²) in [5, 5.41) is 15.7. The number of carbonyl (C=O) groups excluding carboxylic acids is 1. The van der Waals surface area contributed by atoms with Crippen molar-refractivity contribution in [3.8, 4) is 0 Å². The fraction of sp³-hybridized carbons (Fsp3) is 0.267. The molecule has 0 bridgehead atoms. The van der Waals surface area contributed by atoms with E-state index < -0.39 is 5.97 Å². The maximum absolute atomic E-state index is 12.5. The Morgan fingerprint density at radius 3 is 2.81 bits per heavy atom. The van der Waals surface area contributed by atoms with E-state index in [-0.39, 0.29) is 11.5 Å². The molecule has 21 heavy (non-hydrogen) atoms. The van der Waals surface area contributed by atoms with Crippen LogP contribution in [0.3, 0.4) is 0 Å². The molecule has 0 radical (unpaired) electrons. The van der Waals surface area contributed by atoms with Gasteiger partial charge in [0, 0.05) is 18.8 Å². The van der Waals surface area contributed by atoms with Crippen molar-refractivity contribution in [2.45, 2.75) is 19.9 Å². The van der Waals surface area contributed by atoms with E-state index in [0.29, 0.717) is 18.7 Å². The molecule has 6 heteroatoms. The summed E-state index contributed by atoms with van der Waals surface area (Å²) < 4.78 is 0. The van der Waals surface area contributed by atoms with E-state index in [1.54, 1.807) is 24.0 Å². The number of hydrogen-bond donors (Lipinski definition) is 2. The summed E-state index contributed by atoms with van der Waals surface area (Å²) in [4.78, 5) is 25.2. The third kappa shape index (κ3) is 2.40. The second kappa shape index (κ2) is 5.05. The number of hydrogen-bond acceptors (Lipinski definition) is 3. The van der Waals surface area contributed by atoms with Gasteiger partial charge in [-0.25, -0.2) is 4.79 Å². The molecule has 108 valence electrons. The second-order valence-electron chi connectivity index (χ2n) is 5.17. The fourth-order valence-corrected chi connectivity index (χ4v) is 2.60. The van der Waals surface area contributed by atoms with Crippen molar-refractivity contribution >= 4 is 11.9 Å². The van der Waals surface area contributed by atoms with Crippen molar-refractivity contribution in [2.24, 2.45) is 0 Å². The molecule has 0 saturated carbocycles. The summed E-state index contributed by atoms with van der Waals surface area (Å²) in [6, 6.07) is 5.10. The Bertz CT molecular complexity index is 721. The highest BCUT2D eigenvalue weighted by Crippen LogP contribution is 2.22. The summed E-state index contributed by atoms with van der Waals surface area (Å²) in [7, 11) is 0. The molecule has 2 heterocycles. The largest absolute Gasteiger partial charge is 0.478 e. The van der Waals surface area contributed by atoms with E-state index in [0.717, 1.165) is 23.2 Å². The summed E-state index contributed by atoms with van der Waals surface area (Å²) in [5.74, 6) is -1.03. The second-order valence-corrected chi connectivity index (χ2v) is 5.17. The predicted molar refractivity (Wildman–Crippen MR) is 75.2 cm³/mol. The number of benzene rings is 1. The smallest absolute Gasteiger partial charge is 0.335 e. The van der Waals surface area contributed by atoms with Crippen LogP contribution in [0, 0.1) is 6.92 Å². The number of fused-ring (bicyclic) bond motifs is 1.